The van der Waals surface area contributed by atoms with Crippen LogP contribution in [-0.4, -0.2) is 119 Å². The molecule has 44 heavy (non-hydrogen) atoms. The van der Waals surface area contributed by atoms with Crippen LogP contribution < -0.4 is 10.6 Å². The summed E-state index contributed by atoms with van der Waals surface area (Å²) in [6.45, 7) is 12.9. The third kappa shape index (κ3) is 13.4. The van der Waals surface area contributed by atoms with Crippen LogP contribution in [0.15, 0.2) is 0 Å². The van der Waals surface area contributed by atoms with Crippen molar-refractivity contribution in [2.24, 2.45) is 0 Å². The van der Waals surface area contributed by atoms with E-state index in [9.17, 15) is 39.3 Å². The molecule has 2 rings (SSSR count). The number of aliphatic hydroxyl groups excluding tert-OH is 3. The summed E-state index contributed by atoms with van der Waals surface area (Å²) in [6, 6.07) is -1.91. The van der Waals surface area contributed by atoms with Crippen LogP contribution in [0.2, 0.25) is 0 Å². The first-order valence-corrected chi connectivity index (χ1v) is 13.6. The predicted molar refractivity (Wildman–Crippen MR) is 149 cm³/mol. The zero-order valence-corrected chi connectivity index (χ0v) is 25.7. The van der Waals surface area contributed by atoms with E-state index in [0.717, 1.165) is 20.8 Å². The van der Waals surface area contributed by atoms with E-state index in [1.54, 1.807) is 27.7 Å². The molecule has 256 valence electrons. The fraction of sp³-hybridized carbons (Fsp3) is 0.815. The highest BCUT2D eigenvalue weighted by Gasteiger charge is 2.52. The summed E-state index contributed by atoms with van der Waals surface area (Å²) < 4.78 is 37.0. The van der Waals surface area contributed by atoms with Gasteiger partial charge in [-0.25, -0.2) is 0 Å². The van der Waals surface area contributed by atoms with Gasteiger partial charge in [0.2, 0.25) is 24.2 Å². The molecule has 0 bridgehead atoms. The van der Waals surface area contributed by atoms with Gasteiger partial charge in [0.15, 0.2) is 25.0 Å². The molecule has 5 N–H and O–H groups in total. The number of amides is 2. The minimum Gasteiger partial charge on any atom is -0.456 e. The predicted octanol–water partition coefficient (Wildman–Crippen LogP) is -1.03. The number of ether oxygens (including phenoxy) is 7. The lowest BCUT2D eigenvalue weighted by atomic mass is 10.00. The molecule has 10 atom stereocenters. The summed E-state index contributed by atoms with van der Waals surface area (Å²) in [4.78, 5) is 57.1. The third-order valence-corrected chi connectivity index (χ3v) is 5.52. The van der Waals surface area contributed by atoms with Gasteiger partial charge in [-0.15, -0.1) is 0 Å². The molecule has 0 aromatic heterocycles. The Balaban J connectivity index is 0.000000892. The highest BCUT2D eigenvalue weighted by molar-refractivity contribution is 5.74. The monoisotopic (exact) mass is 640 g/mol. The maximum absolute atomic E-state index is 11.6. The normalized spacial score (nSPS) is 31.4. The zero-order chi connectivity index (χ0) is 33.2. The summed E-state index contributed by atoms with van der Waals surface area (Å²) >= 11 is 0. The number of nitrogens with one attached hydrogen (secondary N) is 2. The molecule has 17 heteroatoms. The molecule has 0 radical (unpaired) electrons. The standard InChI is InChI=1S/C16H25NO9.C10H19NO6.CH4/c1-7(2)22-15-12(17-8(3)18)13(23-9(4)19)14(24-10(5)20)16(26-15)25-11(6)21;1-4(2)16-10-6(11-5(3)12)7(13)8(14)9(15)17-10;/h7,12-16H,1-6H3,(H,17,18);4,6-10,13-15H,1-3H3,(H,11,12);1H4/t12-,13-,14-,15-,16+;6-,7-,8-,9+,10-;/m11./s1. The van der Waals surface area contributed by atoms with E-state index in [1.165, 1.54) is 13.8 Å². The van der Waals surface area contributed by atoms with E-state index < -0.39 is 91.4 Å². The summed E-state index contributed by atoms with van der Waals surface area (Å²) in [6.07, 6.45) is -10.9. The van der Waals surface area contributed by atoms with E-state index in [1.807, 2.05) is 0 Å². The Morgan fingerprint density at radius 2 is 1.00 bits per heavy atom. The molecule has 2 heterocycles. The molecule has 2 aliphatic heterocycles. The molecule has 0 aromatic rings. The molecule has 0 saturated carbocycles. The van der Waals surface area contributed by atoms with Crippen molar-refractivity contribution in [3.05, 3.63) is 0 Å². The molecular formula is C27H48N2O15. The number of carbonyl (C=O) groups is 5. The molecule has 0 aliphatic carbocycles. The van der Waals surface area contributed by atoms with Crippen LogP contribution in [0.5, 0.6) is 0 Å². The minimum atomic E-state index is -1.54. The minimum absolute atomic E-state index is 0. The van der Waals surface area contributed by atoms with Crippen molar-refractivity contribution in [2.45, 2.75) is 144 Å². The Morgan fingerprint density at radius 1 is 0.591 bits per heavy atom. The largest absolute Gasteiger partial charge is 0.456 e. The highest BCUT2D eigenvalue weighted by atomic mass is 16.8. The average molecular weight is 641 g/mol. The Labute approximate surface area is 256 Å². The third-order valence-electron chi connectivity index (χ3n) is 5.52. The van der Waals surface area contributed by atoms with Crippen LogP contribution in [0.1, 0.15) is 69.7 Å². The number of carbonyl (C=O) groups excluding carboxylic acids is 5. The Morgan fingerprint density at radius 3 is 1.41 bits per heavy atom. The maximum Gasteiger partial charge on any atom is 0.305 e. The molecule has 17 nitrogen and oxygen atoms in total. The zero-order valence-electron chi connectivity index (χ0n) is 25.7. The molecule has 0 aromatic carbocycles. The van der Waals surface area contributed by atoms with Crippen LogP contribution in [0.3, 0.4) is 0 Å². The van der Waals surface area contributed by atoms with E-state index in [-0.39, 0.29) is 19.6 Å². The fourth-order valence-electron chi connectivity index (χ4n) is 4.10. The topological polar surface area (TPSA) is 235 Å². The van der Waals surface area contributed by atoms with Crippen LogP contribution in [0.25, 0.3) is 0 Å². The lowest BCUT2D eigenvalue weighted by Gasteiger charge is -2.44. The van der Waals surface area contributed by atoms with Gasteiger partial charge in [0.05, 0.1) is 12.2 Å². The number of hydrogen-bond acceptors (Lipinski definition) is 15. The summed E-state index contributed by atoms with van der Waals surface area (Å²) in [5, 5.41) is 33.6. The average Bonchev–Trinajstić information content (AvgIpc) is 2.83. The second-order valence-corrected chi connectivity index (χ2v) is 10.3. The molecule has 2 saturated heterocycles. The number of rotatable bonds is 9. The molecule has 2 aliphatic rings. The van der Waals surface area contributed by atoms with Gasteiger partial charge in [-0.05, 0) is 27.7 Å². The molecule has 0 spiro atoms. The van der Waals surface area contributed by atoms with Gasteiger partial charge >= 0.3 is 17.9 Å². The molecule has 2 amide bonds. The lowest BCUT2D eigenvalue weighted by Crippen LogP contribution is -2.66. The maximum atomic E-state index is 11.6. The SMILES string of the molecule is C.CC(=O)N[C@H]1[C@H](OC(C)C)O[C@H](O)[C@H](O)[C@@H]1O.CC(=O)N[C@H]1[C@H](OC(C)C)O[C@H](OC(C)=O)[C@H](OC(C)=O)[C@@H]1OC(C)=O. The smallest absolute Gasteiger partial charge is 0.305 e. The van der Waals surface area contributed by atoms with Crippen molar-refractivity contribution in [3.63, 3.8) is 0 Å². The van der Waals surface area contributed by atoms with Gasteiger partial charge in [-0.3, -0.25) is 24.0 Å². The number of hydrogen-bond donors (Lipinski definition) is 5. The summed E-state index contributed by atoms with van der Waals surface area (Å²) in [7, 11) is 0. The van der Waals surface area contributed by atoms with Crippen molar-refractivity contribution >= 4 is 29.7 Å². The first-order chi connectivity index (χ1) is 19.8. The van der Waals surface area contributed by atoms with Gasteiger partial charge in [0.25, 0.3) is 0 Å². The van der Waals surface area contributed by atoms with Crippen molar-refractivity contribution in [3.8, 4) is 0 Å². The van der Waals surface area contributed by atoms with Crippen LogP contribution in [-0.2, 0) is 57.1 Å². The molecular weight excluding hydrogens is 592 g/mol. The van der Waals surface area contributed by atoms with Crippen LogP contribution in [0, 0.1) is 0 Å². The van der Waals surface area contributed by atoms with Crippen molar-refractivity contribution in [1.82, 2.24) is 10.6 Å². The van der Waals surface area contributed by atoms with Crippen molar-refractivity contribution in [2.75, 3.05) is 0 Å². The first-order valence-electron chi connectivity index (χ1n) is 13.6. The second-order valence-electron chi connectivity index (χ2n) is 10.3. The summed E-state index contributed by atoms with van der Waals surface area (Å²) in [5.41, 5.74) is 0. The van der Waals surface area contributed by atoms with E-state index >= 15 is 0 Å². The fourth-order valence-corrected chi connectivity index (χ4v) is 4.10. The number of aliphatic hydroxyl groups is 3. The molecule has 2 fully saturated rings. The van der Waals surface area contributed by atoms with Crippen molar-refractivity contribution in [1.29, 1.82) is 0 Å². The van der Waals surface area contributed by atoms with E-state index in [2.05, 4.69) is 10.6 Å². The van der Waals surface area contributed by atoms with Gasteiger partial charge in [0.1, 0.15) is 24.3 Å². The van der Waals surface area contributed by atoms with Gasteiger partial charge < -0.3 is 59.1 Å². The van der Waals surface area contributed by atoms with E-state index in [0.29, 0.717) is 0 Å². The Hall–Kier alpha value is -2.93. The van der Waals surface area contributed by atoms with Crippen LogP contribution in [0.4, 0.5) is 0 Å². The Kier molecular flexibility index (Phi) is 17.5. The number of esters is 3. The van der Waals surface area contributed by atoms with Crippen LogP contribution >= 0.6 is 0 Å². The lowest BCUT2D eigenvalue weighted by molar-refractivity contribution is -0.326. The summed E-state index contributed by atoms with van der Waals surface area (Å²) in [5.74, 6) is -2.93. The van der Waals surface area contributed by atoms with E-state index in [4.69, 9.17) is 33.2 Å². The quantitative estimate of drug-likeness (QED) is 0.150. The van der Waals surface area contributed by atoms with Gasteiger partial charge in [-0.1, -0.05) is 7.43 Å². The first kappa shape index (κ1) is 41.1. The van der Waals surface area contributed by atoms with Gasteiger partial charge in [-0.2, -0.15) is 0 Å². The van der Waals surface area contributed by atoms with Gasteiger partial charge in [0, 0.05) is 34.6 Å². The van der Waals surface area contributed by atoms with Crippen molar-refractivity contribution < 1.29 is 72.5 Å². The highest BCUT2D eigenvalue weighted by Crippen LogP contribution is 2.29. The second kappa shape index (κ2) is 18.8. The molecule has 0 unspecified atom stereocenters. The Bertz CT molecular complexity index is 962.